The summed E-state index contributed by atoms with van der Waals surface area (Å²) in [6, 6.07) is 11.5. The van der Waals surface area contributed by atoms with Crippen molar-refractivity contribution in [1.82, 2.24) is 9.97 Å². The maximum atomic E-state index is 5.93. The van der Waals surface area contributed by atoms with Gasteiger partial charge in [0.1, 0.15) is 5.03 Å². The minimum absolute atomic E-state index is 0.633. The molecule has 0 unspecified atom stereocenters. The van der Waals surface area contributed by atoms with E-state index in [9.17, 15) is 0 Å². The molecule has 0 radical (unpaired) electrons. The summed E-state index contributed by atoms with van der Waals surface area (Å²) in [4.78, 5) is 9.68. The summed E-state index contributed by atoms with van der Waals surface area (Å²) in [5.74, 6) is 0. The van der Waals surface area contributed by atoms with Gasteiger partial charge in [-0.1, -0.05) is 29.4 Å². The molecule has 0 aliphatic carbocycles. The Hall–Kier alpha value is -1.78. The predicted molar refractivity (Wildman–Crippen MR) is 79.5 cm³/mol. The van der Waals surface area contributed by atoms with E-state index in [1.54, 1.807) is 24.2 Å². The van der Waals surface area contributed by atoms with Crippen molar-refractivity contribution < 1.29 is 0 Å². The molecule has 0 bridgehead atoms. The van der Waals surface area contributed by atoms with Gasteiger partial charge < -0.3 is 5.73 Å². The van der Waals surface area contributed by atoms with Crippen molar-refractivity contribution in [2.75, 3.05) is 5.73 Å². The summed E-state index contributed by atoms with van der Waals surface area (Å²) in [6.45, 7) is 0. The van der Waals surface area contributed by atoms with Crippen molar-refractivity contribution in [3.63, 3.8) is 0 Å². The van der Waals surface area contributed by atoms with Gasteiger partial charge in [-0.2, -0.15) is 0 Å². The standard InChI is InChI=1S/C14H10ClN3S/c15-9-3-6-13(18-8-9)19-12-5-4-11(16)14-10(12)2-1-7-17-14/h1-8H,16H2. The van der Waals surface area contributed by atoms with Gasteiger partial charge in [-0.25, -0.2) is 4.98 Å². The lowest BCUT2D eigenvalue weighted by molar-refractivity contribution is 1.13. The molecule has 0 aliphatic rings. The van der Waals surface area contributed by atoms with Crippen LogP contribution in [0.1, 0.15) is 0 Å². The molecule has 2 heterocycles. The Kier molecular flexibility index (Phi) is 3.27. The zero-order valence-electron chi connectivity index (χ0n) is 9.88. The van der Waals surface area contributed by atoms with E-state index in [2.05, 4.69) is 9.97 Å². The van der Waals surface area contributed by atoms with Crippen LogP contribution in [0.2, 0.25) is 5.02 Å². The molecule has 1 aromatic carbocycles. The fraction of sp³-hybridized carbons (Fsp3) is 0. The molecule has 0 amide bonds. The first kappa shape index (κ1) is 12.3. The van der Waals surface area contributed by atoms with Crippen LogP contribution in [-0.4, -0.2) is 9.97 Å². The smallest absolute Gasteiger partial charge is 0.101 e. The third-order valence-corrected chi connectivity index (χ3v) is 3.93. The second kappa shape index (κ2) is 5.07. The summed E-state index contributed by atoms with van der Waals surface area (Å²) < 4.78 is 0. The molecule has 5 heteroatoms. The maximum absolute atomic E-state index is 5.93. The molecule has 3 aromatic rings. The topological polar surface area (TPSA) is 51.8 Å². The minimum Gasteiger partial charge on any atom is -0.397 e. The molecule has 0 fully saturated rings. The Balaban J connectivity index is 2.06. The summed E-state index contributed by atoms with van der Waals surface area (Å²) in [7, 11) is 0. The maximum Gasteiger partial charge on any atom is 0.101 e. The van der Waals surface area contributed by atoms with E-state index in [0.29, 0.717) is 10.7 Å². The number of aromatic nitrogens is 2. The molecule has 94 valence electrons. The minimum atomic E-state index is 0.633. The van der Waals surface area contributed by atoms with Crippen molar-refractivity contribution in [2.45, 2.75) is 9.92 Å². The number of nitrogens with zero attached hydrogens (tertiary/aromatic N) is 2. The van der Waals surface area contributed by atoms with E-state index < -0.39 is 0 Å². The van der Waals surface area contributed by atoms with E-state index in [1.807, 2.05) is 36.4 Å². The first-order valence-electron chi connectivity index (χ1n) is 5.66. The SMILES string of the molecule is Nc1ccc(Sc2ccc(Cl)cn2)c2cccnc12. The number of benzene rings is 1. The quantitative estimate of drug-likeness (QED) is 0.723. The van der Waals surface area contributed by atoms with Crippen molar-refractivity contribution in [3.8, 4) is 0 Å². The van der Waals surface area contributed by atoms with Gasteiger partial charge in [0.15, 0.2) is 0 Å². The molecule has 0 saturated carbocycles. The van der Waals surface area contributed by atoms with Gasteiger partial charge in [0.05, 0.1) is 16.2 Å². The van der Waals surface area contributed by atoms with Crippen molar-refractivity contribution in [2.24, 2.45) is 0 Å². The highest BCUT2D eigenvalue weighted by atomic mass is 35.5. The zero-order chi connectivity index (χ0) is 13.2. The number of hydrogen-bond acceptors (Lipinski definition) is 4. The Morgan fingerprint density at radius 3 is 2.74 bits per heavy atom. The molecule has 2 aromatic heterocycles. The van der Waals surface area contributed by atoms with Gasteiger partial charge in [0.25, 0.3) is 0 Å². The first-order valence-corrected chi connectivity index (χ1v) is 6.86. The van der Waals surface area contributed by atoms with Crippen LogP contribution >= 0.6 is 23.4 Å². The van der Waals surface area contributed by atoms with Gasteiger partial charge in [-0.15, -0.1) is 0 Å². The van der Waals surface area contributed by atoms with E-state index in [-0.39, 0.29) is 0 Å². The molecule has 0 aliphatic heterocycles. The van der Waals surface area contributed by atoms with Gasteiger partial charge in [0.2, 0.25) is 0 Å². The molecule has 0 atom stereocenters. The van der Waals surface area contributed by atoms with Crippen molar-refractivity contribution in [3.05, 3.63) is 53.8 Å². The summed E-state index contributed by atoms with van der Waals surface area (Å²) in [5.41, 5.74) is 7.44. The summed E-state index contributed by atoms with van der Waals surface area (Å²) >= 11 is 7.40. The van der Waals surface area contributed by atoms with Crippen LogP contribution in [0.15, 0.2) is 58.7 Å². The number of fused-ring (bicyclic) bond motifs is 1. The number of nitrogen functional groups attached to an aromatic ring is 1. The lowest BCUT2D eigenvalue weighted by Gasteiger charge is -2.07. The molecule has 2 N–H and O–H groups in total. The van der Waals surface area contributed by atoms with E-state index >= 15 is 0 Å². The fourth-order valence-electron chi connectivity index (χ4n) is 1.79. The Morgan fingerprint density at radius 2 is 1.95 bits per heavy atom. The van der Waals surface area contributed by atoms with Crippen LogP contribution in [0.4, 0.5) is 5.69 Å². The molecular formula is C14H10ClN3S. The van der Waals surface area contributed by atoms with E-state index in [4.69, 9.17) is 17.3 Å². The monoisotopic (exact) mass is 287 g/mol. The van der Waals surface area contributed by atoms with Crippen LogP contribution in [0, 0.1) is 0 Å². The average Bonchev–Trinajstić information content (AvgIpc) is 2.45. The lowest BCUT2D eigenvalue weighted by atomic mass is 10.2. The Labute approximate surface area is 119 Å². The number of rotatable bonds is 2. The van der Waals surface area contributed by atoms with Gasteiger partial charge in [-0.3, -0.25) is 4.98 Å². The number of pyridine rings is 2. The average molecular weight is 288 g/mol. The largest absolute Gasteiger partial charge is 0.397 e. The predicted octanol–water partition coefficient (Wildman–Crippen LogP) is 4.02. The molecule has 3 rings (SSSR count). The van der Waals surface area contributed by atoms with Gasteiger partial charge >= 0.3 is 0 Å². The van der Waals surface area contributed by atoms with Crippen LogP contribution in [0.25, 0.3) is 10.9 Å². The van der Waals surface area contributed by atoms with Gasteiger partial charge in [-0.05, 0) is 30.3 Å². The highest BCUT2D eigenvalue weighted by Gasteiger charge is 2.07. The molecule has 3 nitrogen and oxygen atoms in total. The molecule has 19 heavy (non-hydrogen) atoms. The lowest BCUT2D eigenvalue weighted by Crippen LogP contribution is -1.90. The highest BCUT2D eigenvalue weighted by molar-refractivity contribution is 7.99. The third-order valence-electron chi connectivity index (χ3n) is 2.68. The van der Waals surface area contributed by atoms with E-state index in [1.165, 1.54) is 0 Å². The summed E-state index contributed by atoms with van der Waals surface area (Å²) in [6.07, 6.45) is 3.38. The van der Waals surface area contributed by atoms with Crippen LogP contribution in [-0.2, 0) is 0 Å². The molecule has 0 saturated heterocycles. The number of halogens is 1. The first-order chi connectivity index (χ1) is 9.24. The third kappa shape index (κ3) is 2.50. The number of nitrogens with two attached hydrogens (primary N) is 1. The molecule has 0 spiro atoms. The van der Waals surface area contributed by atoms with Crippen molar-refractivity contribution in [1.29, 1.82) is 0 Å². The highest BCUT2D eigenvalue weighted by Crippen LogP contribution is 2.34. The van der Waals surface area contributed by atoms with Crippen LogP contribution in [0.5, 0.6) is 0 Å². The van der Waals surface area contributed by atoms with Gasteiger partial charge in [0, 0.05) is 22.7 Å². The number of hydrogen-bond donors (Lipinski definition) is 1. The fourth-order valence-corrected chi connectivity index (χ4v) is 2.78. The summed E-state index contributed by atoms with van der Waals surface area (Å²) in [5, 5.41) is 2.55. The van der Waals surface area contributed by atoms with E-state index in [0.717, 1.165) is 20.8 Å². The van der Waals surface area contributed by atoms with Crippen LogP contribution < -0.4 is 5.73 Å². The normalized spacial score (nSPS) is 10.8. The molecular weight excluding hydrogens is 278 g/mol. The second-order valence-electron chi connectivity index (χ2n) is 3.97. The number of anilines is 1. The zero-order valence-corrected chi connectivity index (χ0v) is 11.4. The second-order valence-corrected chi connectivity index (χ2v) is 5.47. The Bertz CT molecular complexity index is 728. The van der Waals surface area contributed by atoms with Crippen molar-refractivity contribution >= 4 is 40.0 Å². The van der Waals surface area contributed by atoms with Crippen LogP contribution in [0.3, 0.4) is 0 Å². The Morgan fingerprint density at radius 1 is 1.05 bits per heavy atom.